The predicted octanol–water partition coefficient (Wildman–Crippen LogP) is 8.82. The van der Waals surface area contributed by atoms with Crippen LogP contribution in [0.25, 0.3) is 0 Å². The van der Waals surface area contributed by atoms with E-state index in [-0.39, 0.29) is 12.1 Å². The Labute approximate surface area is 210 Å². The maximum atomic E-state index is 11.8. The van der Waals surface area contributed by atoms with Gasteiger partial charge in [-0.2, -0.15) is 0 Å². The van der Waals surface area contributed by atoms with Crippen LogP contribution >= 0.6 is 0 Å². The summed E-state index contributed by atoms with van der Waals surface area (Å²) in [6.07, 6.45) is 15.1. The Morgan fingerprint density at radius 1 is 0.676 bits per heavy atom. The number of rotatable bonds is 1. The molecule has 0 aromatic carbocycles. The van der Waals surface area contributed by atoms with Crippen molar-refractivity contribution in [1.82, 2.24) is 0 Å². The SMILES string of the molecule is CC(=O)O[C@@H]1CC[C@@H]2[C@](C)(CC[C@@H]3[C@]2(C)CC[C@@]2(C)[C@H]4CC(C)(C)CC[C@]4(C)CC[C@]32C)[C@@H]1C. The number of hydrogen-bond donors (Lipinski definition) is 0. The third kappa shape index (κ3) is 3.21. The number of esters is 1. The van der Waals surface area contributed by atoms with Crippen LogP contribution < -0.4 is 0 Å². The van der Waals surface area contributed by atoms with E-state index in [4.69, 9.17) is 4.74 Å². The van der Waals surface area contributed by atoms with E-state index in [2.05, 4.69) is 55.4 Å². The Morgan fingerprint density at radius 3 is 1.97 bits per heavy atom. The highest BCUT2D eigenvalue weighted by molar-refractivity contribution is 5.66. The van der Waals surface area contributed by atoms with E-state index in [0.29, 0.717) is 38.4 Å². The van der Waals surface area contributed by atoms with Gasteiger partial charge in [0.05, 0.1) is 0 Å². The van der Waals surface area contributed by atoms with Crippen LogP contribution in [0.5, 0.6) is 0 Å². The van der Waals surface area contributed by atoms with Gasteiger partial charge in [0, 0.05) is 6.92 Å². The van der Waals surface area contributed by atoms with Crippen molar-refractivity contribution in [1.29, 1.82) is 0 Å². The van der Waals surface area contributed by atoms with Crippen molar-refractivity contribution >= 4 is 5.97 Å². The molecule has 0 aliphatic heterocycles. The Bertz CT molecular complexity index is 846. The fourth-order valence-electron chi connectivity index (χ4n) is 11.7. The van der Waals surface area contributed by atoms with E-state index < -0.39 is 0 Å². The highest BCUT2D eigenvalue weighted by Gasteiger charge is 2.70. The van der Waals surface area contributed by atoms with E-state index in [1.165, 1.54) is 64.2 Å². The largest absolute Gasteiger partial charge is 0.462 e. The summed E-state index contributed by atoms with van der Waals surface area (Å²) in [5.41, 5.74) is 2.70. The zero-order chi connectivity index (χ0) is 24.9. The van der Waals surface area contributed by atoms with Crippen molar-refractivity contribution in [3.8, 4) is 0 Å². The fraction of sp³-hybridized carbons (Fsp3) is 0.969. The molecule has 0 N–H and O–H groups in total. The summed E-state index contributed by atoms with van der Waals surface area (Å²) in [7, 11) is 0. The first-order valence-electron chi connectivity index (χ1n) is 14.8. The van der Waals surface area contributed by atoms with Gasteiger partial charge >= 0.3 is 5.97 Å². The molecule has 194 valence electrons. The number of hydrogen-bond acceptors (Lipinski definition) is 2. The molecule has 0 aromatic heterocycles. The van der Waals surface area contributed by atoms with Crippen LogP contribution in [-0.2, 0) is 9.53 Å². The van der Waals surface area contributed by atoms with Gasteiger partial charge in [-0.3, -0.25) is 4.79 Å². The minimum atomic E-state index is -0.0968. The van der Waals surface area contributed by atoms with Crippen LogP contribution in [0, 0.1) is 56.2 Å². The third-order valence-electron chi connectivity index (χ3n) is 14.2. The van der Waals surface area contributed by atoms with Gasteiger partial charge < -0.3 is 4.74 Å². The van der Waals surface area contributed by atoms with Gasteiger partial charge in [0.1, 0.15) is 6.10 Å². The molecule has 0 saturated heterocycles. The smallest absolute Gasteiger partial charge is 0.302 e. The average molecular weight is 471 g/mol. The van der Waals surface area contributed by atoms with E-state index in [1.54, 1.807) is 6.92 Å². The number of carbonyl (C=O) groups excluding carboxylic acids is 1. The monoisotopic (exact) mass is 470 g/mol. The van der Waals surface area contributed by atoms with Gasteiger partial charge in [0.2, 0.25) is 0 Å². The maximum absolute atomic E-state index is 11.8. The van der Waals surface area contributed by atoms with E-state index in [9.17, 15) is 4.79 Å². The molecule has 0 amide bonds. The quantitative estimate of drug-likeness (QED) is 0.358. The zero-order valence-electron chi connectivity index (χ0n) is 24.0. The number of fused-ring (bicyclic) bond motifs is 7. The van der Waals surface area contributed by atoms with Crippen LogP contribution in [0.3, 0.4) is 0 Å². The number of ether oxygens (including phenoxy) is 1. The Hall–Kier alpha value is -0.530. The zero-order valence-corrected chi connectivity index (χ0v) is 24.0. The maximum Gasteiger partial charge on any atom is 0.302 e. The van der Waals surface area contributed by atoms with Crippen LogP contribution in [0.15, 0.2) is 0 Å². The normalized spacial score (nSPS) is 56.3. The van der Waals surface area contributed by atoms with Crippen molar-refractivity contribution in [2.24, 2.45) is 56.2 Å². The molecule has 2 nitrogen and oxygen atoms in total. The molecule has 10 atom stereocenters. The topological polar surface area (TPSA) is 26.3 Å². The summed E-state index contributed by atoms with van der Waals surface area (Å²) < 4.78 is 5.86. The lowest BCUT2D eigenvalue weighted by Gasteiger charge is -2.75. The molecule has 5 rings (SSSR count). The molecule has 0 radical (unpaired) electrons. The summed E-state index contributed by atoms with van der Waals surface area (Å²) in [4.78, 5) is 11.8. The van der Waals surface area contributed by atoms with Crippen molar-refractivity contribution < 1.29 is 9.53 Å². The predicted molar refractivity (Wildman–Crippen MR) is 140 cm³/mol. The summed E-state index contributed by atoms with van der Waals surface area (Å²) >= 11 is 0. The first kappa shape index (κ1) is 25.1. The van der Waals surface area contributed by atoms with Crippen molar-refractivity contribution in [2.75, 3.05) is 0 Å². The average Bonchev–Trinajstić information content (AvgIpc) is 2.74. The molecule has 0 bridgehead atoms. The molecule has 5 fully saturated rings. The Balaban J connectivity index is 1.49. The lowest BCUT2D eigenvalue weighted by atomic mass is 9.30. The second kappa shape index (κ2) is 7.50. The van der Waals surface area contributed by atoms with Gasteiger partial charge in [0.25, 0.3) is 0 Å². The second-order valence-electron chi connectivity index (χ2n) is 16.1. The molecule has 5 aliphatic carbocycles. The standard InChI is InChI=1S/C32H54O2/c1-21-23(34-22(2)33)10-11-24-29(21,6)13-12-25-30(24,7)17-19-32(9)26-20-27(3,4)14-15-28(26,5)16-18-31(25,32)8/h21,23-26H,10-20H2,1-9H3/t21-,23-,24-,25-,26+,28-,29-,30-,31-,32+/m1/s1. The van der Waals surface area contributed by atoms with Crippen LogP contribution in [0.2, 0.25) is 0 Å². The molecule has 5 saturated carbocycles. The van der Waals surface area contributed by atoms with E-state index in [1.807, 2.05) is 0 Å². The first-order chi connectivity index (χ1) is 15.6. The second-order valence-corrected chi connectivity index (χ2v) is 16.1. The Morgan fingerprint density at radius 2 is 1.29 bits per heavy atom. The van der Waals surface area contributed by atoms with Crippen molar-refractivity contribution in [3.63, 3.8) is 0 Å². The molecular formula is C32H54O2. The third-order valence-corrected chi connectivity index (χ3v) is 14.2. The van der Waals surface area contributed by atoms with Gasteiger partial charge in [-0.15, -0.1) is 0 Å². The lowest BCUT2D eigenvalue weighted by Crippen LogP contribution is -2.68. The Kier molecular flexibility index (Phi) is 5.55. The van der Waals surface area contributed by atoms with E-state index in [0.717, 1.165) is 24.2 Å². The van der Waals surface area contributed by atoms with Gasteiger partial charge in [-0.1, -0.05) is 55.4 Å². The first-order valence-corrected chi connectivity index (χ1v) is 14.8. The minimum Gasteiger partial charge on any atom is -0.462 e. The summed E-state index contributed by atoms with van der Waals surface area (Å²) in [5, 5.41) is 0. The van der Waals surface area contributed by atoms with Crippen LogP contribution in [-0.4, -0.2) is 12.1 Å². The lowest BCUT2D eigenvalue weighted by molar-refractivity contribution is -0.263. The summed E-state index contributed by atoms with van der Waals surface area (Å²) in [6.45, 7) is 22.5. The molecule has 5 aliphatic rings. The van der Waals surface area contributed by atoms with Crippen LogP contribution in [0.4, 0.5) is 0 Å². The molecular weight excluding hydrogens is 416 g/mol. The highest BCUT2D eigenvalue weighted by Crippen LogP contribution is 2.78. The summed E-state index contributed by atoms with van der Waals surface area (Å²) in [6, 6.07) is 0. The molecule has 0 unspecified atom stereocenters. The fourth-order valence-corrected chi connectivity index (χ4v) is 11.7. The van der Waals surface area contributed by atoms with Gasteiger partial charge in [-0.25, -0.2) is 0 Å². The molecule has 0 heterocycles. The van der Waals surface area contributed by atoms with E-state index >= 15 is 0 Å². The molecule has 34 heavy (non-hydrogen) atoms. The number of carbonyl (C=O) groups is 1. The highest BCUT2D eigenvalue weighted by atomic mass is 16.5. The summed E-state index contributed by atoms with van der Waals surface area (Å²) in [5.74, 6) is 2.84. The molecule has 0 spiro atoms. The van der Waals surface area contributed by atoms with Crippen molar-refractivity contribution in [2.45, 2.75) is 139 Å². The van der Waals surface area contributed by atoms with Gasteiger partial charge in [0.15, 0.2) is 0 Å². The molecule has 2 heteroatoms. The van der Waals surface area contributed by atoms with Gasteiger partial charge in [-0.05, 0) is 127 Å². The van der Waals surface area contributed by atoms with Crippen molar-refractivity contribution in [3.05, 3.63) is 0 Å². The molecule has 0 aromatic rings. The van der Waals surface area contributed by atoms with Crippen LogP contribution in [0.1, 0.15) is 133 Å². The minimum absolute atomic E-state index is 0.0968.